The molecule has 1 atom stereocenters. The number of urea groups is 1. The highest BCUT2D eigenvalue weighted by molar-refractivity contribution is 5.74. The summed E-state index contributed by atoms with van der Waals surface area (Å²) in [6.07, 6.45) is 4.85. The van der Waals surface area contributed by atoms with Crippen LogP contribution in [0.2, 0.25) is 0 Å². The molecule has 0 radical (unpaired) electrons. The topological polar surface area (TPSA) is 63.1 Å². The fourth-order valence-electron chi connectivity index (χ4n) is 3.37. The lowest BCUT2D eigenvalue weighted by molar-refractivity contribution is 0.164. The van der Waals surface area contributed by atoms with Crippen LogP contribution in [-0.4, -0.2) is 38.8 Å². The molecule has 25 heavy (non-hydrogen) atoms. The van der Waals surface area contributed by atoms with Crippen LogP contribution < -0.4 is 5.32 Å². The van der Waals surface area contributed by atoms with Crippen LogP contribution in [0.4, 0.5) is 4.79 Å². The van der Waals surface area contributed by atoms with Crippen molar-refractivity contribution < 1.29 is 4.79 Å². The van der Waals surface area contributed by atoms with E-state index in [1.165, 1.54) is 5.56 Å². The molecule has 0 spiro atoms. The van der Waals surface area contributed by atoms with Crippen LogP contribution in [0.1, 0.15) is 36.7 Å². The Kier molecular flexibility index (Phi) is 5.68. The molecule has 1 aliphatic rings. The molecule has 6 heteroatoms. The Hall–Kier alpha value is -2.37. The summed E-state index contributed by atoms with van der Waals surface area (Å²) in [6.45, 7) is 7.24. The predicted molar refractivity (Wildman–Crippen MR) is 97.1 cm³/mol. The number of likely N-dealkylation sites (tertiary alicyclic amines) is 1. The number of benzene rings is 1. The van der Waals surface area contributed by atoms with Crippen molar-refractivity contribution in [3.63, 3.8) is 0 Å². The first-order valence-corrected chi connectivity index (χ1v) is 9.10. The molecule has 1 saturated heterocycles. The Bertz CT molecular complexity index is 694. The van der Waals surface area contributed by atoms with E-state index >= 15 is 0 Å². The zero-order chi connectivity index (χ0) is 17.6. The summed E-state index contributed by atoms with van der Waals surface area (Å²) in [4.78, 5) is 14.4. The Morgan fingerprint density at radius 1 is 1.32 bits per heavy atom. The molecule has 1 aromatic heterocycles. The van der Waals surface area contributed by atoms with Crippen molar-refractivity contribution in [2.45, 2.75) is 46.2 Å². The van der Waals surface area contributed by atoms with Crippen LogP contribution in [0.25, 0.3) is 0 Å². The molecule has 0 saturated carbocycles. The monoisotopic (exact) mass is 341 g/mol. The number of amides is 2. The second kappa shape index (κ2) is 8.14. The largest absolute Gasteiger partial charge is 0.334 e. The third-order valence-electron chi connectivity index (χ3n) is 4.88. The summed E-state index contributed by atoms with van der Waals surface area (Å²) in [7, 11) is 0. The Balaban J connectivity index is 1.51. The van der Waals surface area contributed by atoms with Crippen molar-refractivity contribution in [3.8, 4) is 0 Å². The fraction of sp³-hybridized carbons (Fsp3) is 0.526. The minimum atomic E-state index is 0.0298. The predicted octanol–water partition coefficient (Wildman–Crippen LogP) is 2.77. The van der Waals surface area contributed by atoms with Gasteiger partial charge in [-0.1, -0.05) is 29.8 Å². The molecule has 6 nitrogen and oxygen atoms in total. The summed E-state index contributed by atoms with van der Waals surface area (Å²) in [6, 6.07) is 8.30. The van der Waals surface area contributed by atoms with E-state index in [9.17, 15) is 4.79 Å². The molecule has 3 rings (SSSR count). The SMILES string of the molecule is CCn1cnnc1CC1CCCN(C(=O)NCc2ccc(C)cc2)C1. The first-order chi connectivity index (χ1) is 12.2. The van der Waals surface area contributed by atoms with Gasteiger partial charge >= 0.3 is 6.03 Å². The number of nitrogens with zero attached hydrogens (tertiary/aromatic N) is 4. The molecule has 2 aromatic rings. The van der Waals surface area contributed by atoms with Gasteiger partial charge < -0.3 is 14.8 Å². The van der Waals surface area contributed by atoms with Gasteiger partial charge in [0.2, 0.25) is 0 Å². The van der Waals surface area contributed by atoms with Gasteiger partial charge in [0.05, 0.1) is 0 Å². The van der Waals surface area contributed by atoms with Crippen molar-refractivity contribution in [3.05, 3.63) is 47.5 Å². The van der Waals surface area contributed by atoms with Crippen LogP contribution >= 0.6 is 0 Å². The standard InChI is InChI=1S/C19H27N5O/c1-3-23-14-21-22-18(23)11-17-5-4-10-24(13-17)19(25)20-12-16-8-6-15(2)7-9-16/h6-9,14,17H,3-5,10-13H2,1-2H3,(H,20,25). The Labute approximate surface area is 149 Å². The summed E-state index contributed by atoms with van der Waals surface area (Å²) in [5.41, 5.74) is 2.36. The molecule has 1 N–H and O–H groups in total. The molecule has 2 heterocycles. The highest BCUT2D eigenvalue weighted by atomic mass is 16.2. The highest BCUT2D eigenvalue weighted by Gasteiger charge is 2.25. The number of rotatable bonds is 5. The van der Waals surface area contributed by atoms with Crippen LogP contribution in [-0.2, 0) is 19.5 Å². The number of nitrogens with one attached hydrogen (secondary N) is 1. The Morgan fingerprint density at radius 3 is 2.88 bits per heavy atom. The van der Waals surface area contributed by atoms with Gasteiger partial charge in [-0.15, -0.1) is 10.2 Å². The first kappa shape index (κ1) is 17.5. The zero-order valence-corrected chi connectivity index (χ0v) is 15.1. The van der Waals surface area contributed by atoms with Gasteiger partial charge in [-0.25, -0.2) is 4.79 Å². The summed E-state index contributed by atoms with van der Waals surface area (Å²) < 4.78 is 2.08. The van der Waals surface area contributed by atoms with Crippen molar-refractivity contribution in [1.29, 1.82) is 0 Å². The van der Waals surface area contributed by atoms with E-state index in [0.717, 1.165) is 50.3 Å². The van der Waals surface area contributed by atoms with Crippen LogP contribution in [0, 0.1) is 12.8 Å². The number of carbonyl (C=O) groups is 1. The number of hydrogen-bond donors (Lipinski definition) is 1. The number of aryl methyl sites for hydroxylation is 2. The van der Waals surface area contributed by atoms with E-state index in [-0.39, 0.29) is 6.03 Å². The van der Waals surface area contributed by atoms with E-state index < -0.39 is 0 Å². The summed E-state index contributed by atoms with van der Waals surface area (Å²) in [5.74, 6) is 1.47. The van der Waals surface area contributed by atoms with Crippen molar-refractivity contribution in [2.75, 3.05) is 13.1 Å². The lowest BCUT2D eigenvalue weighted by Crippen LogP contribution is -2.45. The maximum absolute atomic E-state index is 12.5. The van der Waals surface area contributed by atoms with Crippen molar-refractivity contribution in [2.24, 2.45) is 5.92 Å². The van der Waals surface area contributed by atoms with E-state index in [2.05, 4.69) is 58.2 Å². The van der Waals surface area contributed by atoms with Gasteiger partial charge in [-0.2, -0.15) is 0 Å². The molecule has 1 fully saturated rings. The number of carbonyl (C=O) groups excluding carboxylic acids is 1. The maximum atomic E-state index is 12.5. The van der Waals surface area contributed by atoms with Crippen LogP contribution in [0.5, 0.6) is 0 Å². The summed E-state index contributed by atoms with van der Waals surface area (Å²) in [5, 5.41) is 11.3. The molecule has 134 valence electrons. The minimum Gasteiger partial charge on any atom is -0.334 e. The number of hydrogen-bond acceptors (Lipinski definition) is 3. The molecule has 1 aromatic carbocycles. The molecule has 0 aliphatic carbocycles. The van der Waals surface area contributed by atoms with Crippen LogP contribution in [0.3, 0.4) is 0 Å². The average molecular weight is 341 g/mol. The maximum Gasteiger partial charge on any atom is 0.317 e. The van der Waals surface area contributed by atoms with Gasteiger partial charge in [-0.3, -0.25) is 0 Å². The van der Waals surface area contributed by atoms with Gasteiger partial charge in [0.1, 0.15) is 12.2 Å². The normalized spacial score (nSPS) is 17.5. The zero-order valence-electron chi connectivity index (χ0n) is 15.1. The molecule has 0 bridgehead atoms. The van der Waals surface area contributed by atoms with Gasteiger partial charge in [-0.05, 0) is 38.2 Å². The van der Waals surface area contributed by atoms with E-state index in [4.69, 9.17) is 0 Å². The lowest BCUT2D eigenvalue weighted by atomic mass is 9.94. The van der Waals surface area contributed by atoms with E-state index in [1.54, 1.807) is 6.33 Å². The number of piperidine rings is 1. The van der Waals surface area contributed by atoms with Crippen molar-refractivity contribution >= 4 is 6.03 Å². The molecular weight excluding hydrogens is 314 g/mol. The molecular formula is C19H27N5O. The van der Waals surface area contributed by atoms with Gasteiger partial charge in [0, 0.05) is 32.6 Å². The van der Waals surface area contributed by atoms with E-state index in [0.29, 0.717) is 12.5 Å². The van der Waals surface area contributed by atoms with Crippen molar-refractivity contribution in [1.82, 2.24) is 25.0 Å². The lowest BCUT2D eigenvalue weighted by Gasteiger charge is -2.32. The smallest absolute Gasteiger partial charge is 0.317 e. The second-order valence-corrected chi connectivity index (χ2v) is 6.84. The van der Waals surface area contributed by atoms with Gasteiger partial charge in [0.15, 0.2) is 0 Å². The second-order valence-electron chi connectivity index (χ2n) is 6.84. The highest BCUT2D eigenvalue weighted by Crippen LogP contribution is 2.20. The van der Waals surface area contributed by atoms with E-state index in [1.807, 2.05) is 4.90 Å². The third kappa shape index (κ3) is 4.59. The molecule has 2 amide bonds. The fourth-order valence-corrected chi connectivity index (χ4v) is 3.37. The average Bonchev–Trinajstić information content (AvgIpc) is 3.08. The molecule has 1 aliphatic heterocycles. The summed E-state index contributed by atoms with van der Waals surface area (Å²) >= 11 is 0. The Morgan fingerprint density at radius 2 is 2.12 bits per heavy atom. The van der Waals surface area contributed by atoms with Gasteiger partial charge in [0.25, 0.3) is 0 Å². The molecule has 1 unspecified atom stereocenters. The van der Waals surface area contributed by atoms with Crippen LogP contribution in [0.15, 0.2) is 30.6 Å². The number of aromatic nitrogens is 3. The third-order valence-corrected chi connectivity index (χ3v) is 4.88. The minimum absolute atomic E-state index is 0.0298. The first-order valence-electron chi connectivity index (χ1n) is 9.10. The quantitative estimate of drug-likeness (QED) is 0.909.